The third-order valence-corrected chi connectivity index (χ3v) is 6.35. The third-order valence-electron chi connectivity index (χ3n) is 5.48. The van der Waals surface area contributed by atoms with Crippen LogP contribution in [0.4, 0.5) is 0 Å². The van der Waals surface area contributed by atoms with E-state index in [2.05, 4.69) is 29.3 Å². The highest BCUT2D eigenvalue weighted by atomic mass is 32.1. The lowest BCUT2D eigenvalue weighted by Crippen LogP contribution is -2.60. The van der Waals surface area contributed by atoms with Gasteiger partial charge in [-0.2, -0.15) is 0 Å². The molecule has 2 atom stereocenters. The zero-order valence-corrected chi connectivity index (χ0v) is 13.5. The van der Waals surface area contributed by atoms with Gasteiger partial charge >= 0.3 is 0 Å². The van der Waals surface area contributed by atoms with Crippen LogP contribution in [0.1, 0.15) is 56.7 Å². The number of hydrogen-bond acceptors (Lipinski definition) is 3. The van der Waals surface area contributed by atoms with E-state index < -0.39 is 0 Å². The highest BCUT2D eigenvalue weighted by Crippen LogP contribution is 2.45. The quantitative estimate of drug-likeness (QED) is 0.858. The van der Waals surface area contributed by atoms with E-state index in [1.54, 1.807) is 0 Å². The highest BCUT2D eigenvalue weighted by molar-refractivity contribution is 7.09. The predicted molar refractivity (Wildman–Crippen MR) is 86.9 cm³/mol. The van der Waals surface area contributed by atoms with Crippen molar-refractivity contribution in [3.8, 4) is 0 Å². The first kappa shape index (κ1) is 14.6. The van der Waals surface area contributed by atoms with E-state index in [-0.39, 0.29) is 5.54 Å². The standard InChI is InChI=1S/C17H28N2S/c1-2-14-6-3-4-10-17(14,13-18)19(15-8-9-15)12-16-7-5-11-20-16/h5,7,11,14-15H,2-4,6,8-10,12-13,18H2,1H3. The van der Waals surface area contributed by atoms with E-state index in [4.69, 9.17) is 5.73 Å². The predicted octanol–water partition coefficient (Wildman–Crippen LogP) is 4.01. The van der Waals surface area contributed by atoms with E-state index >= 15 is 0 Å². The summed E-state index contributed by atoms with van der Waals surface area (Å²) >= 11 is 1.90. The maximum atomic E-state index is 6.36. The van der Waals surface area contributed by atoms with Gasteiger partial charge in [-0.3, -0.25) is 4.90 Å². The summed E-state index contributed by atoms with van der Waals surface area (Å²) in [6, 6.07) is 5.26. The SMILES string of the molecule is CCC1CCCCC1(CN)N(Cc1cccs1)C1CC1. The molecule has 2 aliphatic rings. The Kier molecular flexibility index (Phi) is 4.49. The zero-order valence-electron chi connectivity index (χ0n) is 12.7. The lowest BCUT2D eigenvalue weighted by Gasteiger charge is -2.51. The molecule has 112 valence electrons. The molecule has 0 bridgehead atoms. The maximum Gasteiger partial charge on any atom is 0.0366 e. The van der Waals surface area contributed by atoms with Gasteiger partial charge in [0.1, 0.15) is 0 Å². The van der Waals surface area contributed by atoms with Crippen molar-refractivity contribution in [3.63, 3.8) is 0 Å². The molecule has 1 aromatic heterocycles. The normalized spacial score (nSPS) is 30.9. The van der Waals surface area contributed by atoms with Gasteiger partial charge in [-0.25, -0.2) is 0 Å². The summed E-state index contributed by atoms with van der Waals surface area (Å²) in [6.45, 7) is 4.32. The topological polar surface area (TPSA) is 29.3 Å². The fraction of sp³-hybridized carbons (Fsp3) is 0.765. The first-order valence-electron chi connectivity index (χ1n) is 8.29. The molecular formula is C17H28N2S. The molecule has 0 saturated heterocycles. The summed E-state index contributed by atoms with van der Waals surface area (Å²) in [4.78, 5) is 4.32. The van der Waals surface area contributed by atoms with Crippen molar-refractivity contribution >= 4 is 11.3 Å². The van der Waals surface area contributed by atoms with Gasteiger partial charge in [0, 0.05) is 29.5 Å². The van der Waals surface area contributed by atoms with Gasteiger partial charge in [-0.05, 0) is 43.0 Å². The Morgan fingerprint density at radius 2 is 2.20 bits per heavy atom. The monoisotopic (exact) mass is 292 g/mol. The smallest absolute Gasteiger partial charge is 0.0366 e. The van der Waals surface area contributed by atoms with Crippen LogP contribution >= 0.6 is 11.3 Å². The Morgan fingerprint density at radius 1 is 1.35 bits per heavy atom. The second kappa shape index (κ2) is 6.17. The Bertz CT molecular complexity index is 413. The lowest BCUT2D eigenvalue weighted by atomic mass is 9.70. The third kappa shape index (κ3) is 2.68. The second-order valence-electron chi connectivity index (χ2n) is 6.60. The van der Waals surface area contributed by atoms with Crippen LogP contribution in [0.25, 0.3) is 0 Å². The summed E-state index contributed by atoms with van der Waals surface area (Å²) in [5.41, 5.74) is 6.64. The molecule has 0 spiro atoms. The summed E-state index contributed by atoms with van der Waals surface area (Å²) in [5.74, 6) is 0.793. The van der Waals surface area contributed by atoms with Gasteiger partial charge in [0.2, 0.25) is 0 Å². The van der Waals surface area contributed by atoms with Gasteiger partial charge in [0.15, 0.2) is 0 Å². The minimum atomic E-state index is 0.276. The van der Waals surface area contributed by atoms with Crippen molar-refractivity contribution in [2.75, 3.05) is 6.54 Å². The molecule has 0 aromatic carbocycles. The molecular weight excluding hydrogens is 264 g/mol. The van der Waals surface area contributed by atoms with Gasteiger partial charge in [-0.1, -0.05) is 32.3 Å². The largest absolute Gasteiger partial charge is 0.329 e. The Labute approximate surface area is 127 Å². The minimum Gasteiger partial charge on any atom is -0.329 e. The Hall–Kier alpha value is -0.380. The molecule has 0 radical (unpaired) electrons. The van der Waals surface area contributed by atoms with Crippen molar-refractivity contribution in [2.24, 2.45) is 11.7 Å². The van der Waals surface area contributed by atoms with Crippen molar-refractivity contribution in [1.82, 2.24) is 4.90 Å². The number of rotatable bonds is 6. The van der Waals surface area contributed by atoms with Crippen molar-refractivity contribution in [1.29, 1.82) is 0 Å². The number of thiophene rings is 1. The Balaban J connectivity index is 1.86. The van der Waals surface area contributed by atoms with E-state index in [1.807, 2.05) is 11.3 Å². The number of hydrogen-bond donors (Lipinski definition) is 1. The maximum absolute atomic E-state index is 6.36. The molecule has 2 N–H and O–H groups in total. The van der Waals surface area contributed by atoms with Gasteiger partial charge in [0.05, 0.1) is 0 Å². The highest BCUT2D eigenvalue weighted by Gasteiger charge is 2.48. The molecule has 2 aliphatic carbocycles. The molecule has 1 heterocycles. The van der Waals surface area contributed by atoms with Gasteiger partial charge in [0.25, 0.3) is 0 Å². The molecule has 3 heteroatoms. The molecule has 20 heavy (non-hydrogen) atoms. The van der Waals surface area contributed by atoms with Crippen LogP contribution in [-0.2, 0) is 6.54 Å². The van der Waals surface area contributed by atoms with Crippen LogP contribution in [0.3, 0.4) is 0 Å². The van der Waals surface area contributed by atoms with E-state index in [1.165, 1.54) is 49.8 Å². The molecule has 2 fully saturated rings. The Morgan fingerprint density at radius 3 is 2.80 bits per heavy atom. The minimum absolute atomic E-state index is 0.276. The fourth-order valence-corrected chi connectivity index (χ4v) is 4.95. The second-order valence-corrected chi connectivity index (χ2v) is 7.63. The molecule has 0 amide bonds. The molecule has 3 rings (SSSR count). The molecule has 0 aliphatic heterocycles. The molecule has 2 saturated carbocycles. The first-order valence-corrected chi connectivity index (χ1v) is 9.17. The van der Waals surface area contributed by atoms with Crippen molar-refractivity contribution in [3.05, 3.63) is 22.4 Å². The molecule has 1 aromatic rings. The van der Waals surface area contributed by atoms with E-state index in [0.717, 1.165) is 25.0 Å². The average Bonchev–Trinajstić information content (AvgIpc) is 3.21. The summed E-state index contributed by atoms with van der Waals surface area (Å²) in [5, 5.41) is 2.20. The summed E-state index contributed by atoms with van der Waals surface area (Å²) in [7, 11) is 0. The van der Waals surface area contributed by atoms with Gasteiger partial charge in [-0.15, -0.1) is 11.3 Å². The fourth-order valence-electron chi connectivity index (χ4n) is 4.25. The van der Waals surface area contributed by atoms with Crippen LogP contribution in [0.5, 0.6) is 0 Å². The number of nitrogens with zero attached hydrogens (tertiary/aromatic N) is 1. The zero-order chi connectivity index (χ0) is 14.0. The summed E-state index contributed by atoms with van der Waals surface area (Å²) < 4.78 is 0. The molecule has 2 nitrogen and oxygen atoms in total. The first-order chi connectivity index (χ1) is 9.80. The summed E-state index contributed by atoms with van der Waals surface area (Å²) in [6.07, 6.45) is 9.49. The van der Waals surface area contributed by atoms with Crippen LogP contribution in [0.15, 0.2) is 17.5 Å². The van der Waals surface area contributed by atoms with Crippen LogP contribution in [0, 0.1) is 5.92 Å². The average molecular weight is 292 g/mol. The number of nitrogens with two attached hydrogens (primary N) is 1. The van der Waals surface area contributed by atoms with Crippen LogP contribution in [-0.4, -0.2) is 23.0 Å². The molecule has 2 unspecified atom stereocenters. The van der Waals surface area contributed by atoms with Crippen LogP contribution < -0.4 is 5.73 Å². The van der Waals surface area contributed by atoms with Crippen molar-refractivity contribution < 1.29 is 0 Å². The lowest BCUT2D eigenvalue weighted by molar-refractivity contribution is -0.00823. The van der Waals surface area contributed by atoms with Gasteiger partial charge < -0.3 is 5.73 Å². The van der Waals surface area contributed by atoms with E-state index in [9.17, 15) is 0 Å². The van der Waals surface area contributed by atoms with Crippen LogP contribution in [0.2, 0.25) is 0 Å². The van der Waals surface area contributed by atoms with Crippen molar-refractivity contribution in [2.45, 2.75) is 70.0 Å². The van der Waals surface area contributed by atoms with E-state index in [0.29, 0.717) is 0 Å².